The van der Waals surface area contributed by atoms with E-state index in [0.717, 1.165) is 0 Å². The fourth-order valence-corrected chi connectivity index (χ4v) is 2.74. The molecule has 0 aliphatic heterocycles. The molecule has 0 fully saturated rings. The van der Waals surface area contributed by atoms with Crippen LogP contribution in [0.25, 0.3) is 0 Å². The number of carbonyl (C=O) groups is 2. The molecule has 0 unspecified atom stereocenters. The zero-order valence-electron chi connectivity index (χ0n) is 17.3. The molecule has 2 aromatic carbocycles. The minimum Gasteiger partial charge on any atom is -0.497 e. The predicted molar refractivity (Wildman–Crippen MR) is 114 cm³/mol. The summed E-state index contributed by atoms with van der Waals surface area (Å²) in [5.74, 6) is -0.470. The lowest BCUT2D eigenvalue weighted by Crippen LogP contribution is -2.37. The topological polar surface area (TPSA) is 115 Å². The number of methoxy groups -OCH3 is 1. The highest BCUT2D eigenvalue weighted by atomic mass is 19.1. The Morgan fingerprint density at radius 1 is 1.19 bits per heavy atom. The van der Waals surface area contributed by atoms with Gasteiger partial charge in [-0.1, -0.05) is 18.2 Å². The first-order valence-electron chi connectivity index (χ1n) is 9.74. The Balaban J connectivity index is 1.41. The number of amides is 2. The maximum absolute atomic E-state index is 13.7. The standard InChI is InChI=1S/C22H23FN4O5/c1-31-17-5-4-6-18(9-17)32-14-16(28)11-24-21(29)13-27-12-15(10-25-27)26-22(30)19-7-2-3-8-20(19)23/h2-10,12,16,28H,11,13-14H2,1H3,(H,24,29)(H,26,30)/t16-/m1/s1. The van der Waals surface area contributed by atoms with Crippen molar-refractivity contribution >= 4 is 17.5 Å². The van der Waals surface area contributed by atoms with Crippen molar-refractivity contribution in [3.8, 4) is 11.5 Å². The van der Waals surface area contributed by atoms with E-state index in [-0.39, 0.29) is 31.2 Å². The molecule has 32 heavy (non-hydrogen) atoms. The van der Waals surface area contributed by atoms with Gasteiger partial charge in [-0.15, -0.1) is 0 Å². The van der Waals surface area contributed by atoms with Crippen LogP contribution in [-0.2, 0) is 11.3 Å². The SMILES string of the molecule is COc1cccc(OC[C@H](O)CNC(=O)Cn2cc(NC(=O)c3ccccc3F)cn2)c1. The summed E-state index contributed by atoms with van der Waals surface area (Å²) in [6.07, 6.45) is 1.88. The molecule has 10 heteroatoms. The van der Waals surface area contributed by atoms with Gasteiger partial charge < -0.3 is 25.2 Å². The molecule has 3 aromatic rings. The summed E-state index contributed by atoms with van der Waals surface area (Å²) in [4.78, 5) is 24.2. The number of rotatable bonds is 10. The van der Waals surface area contributed by atoms with Crippen molar-refractivity contribution in [2.45, 2.75) is 12.6 Å². The number of carbonyl (C=O) groups excluding carboxylic acids is 2. The minimum absolute atomic E-state index is 0.0125. The van der Waals surface area contributed by atoms with Crippen LogP contribution in [0, 0.1) is 5.82 Å². The number of aromatic nitrogens is 2. The highest BCUT2D eigenvalue weighted by Crippen LogP contribution is 2.18. The second-order valence-corrected chi connectivity index (χ2v) is 6.81. The number of nitrogens with one attached hydrogen (secondary N) is 2. The Bertz CT molecular complexity index is 1070. The number of ether oxygens (including phenoxy) is 2. The Kier molecular flexibility index (Phi) is 7.76. The zero-order chi connectivity index (χ0) is 22.9. The molecule has 0 aliphatic rings. The second kappa shape index (κ2) is 10.9. The van der Waals surface area contributed by atoms with E-state index in [0.29, 0.717) is 17.2 Å². The summed E-state index contributed by atoms with van der Waals surface area (Å²) < 4.78 is 25.6. The smallest absolute Gasteiger partial charge is 0.258 e. The molecule has 0 aliphatic carbocycles. The third kappa shape index (κ3) is 6.54. The highest BCUT2D eigenvalue weighted by molar-refractivity contribution is 6.04. The van der Waals surface area contributed by atoms with Gasteiger partial charge in [0.1, 0.15) is 36.6 Å². The average molecular weight is 442 g/mol. The summed E-state index contributed by atoms with van der Waals surface area (Å²) >= 11 is 0. The number of aliphatic hydroxyl groups is 1. The van der Waals surface area contributed by atoms with Crippen molar-refractivity contribution in [2.24, 2.45) is 0 Å². The molecule has 168 valence electrons. The molecular weight excluding hydrogens is 419 g/mol. The van der Waals surface area contributed by atoms with Crippen molar-refractivity contribution in [3.63, 3.8) is 0 Å². The van der Waals surface area contributed by atoms with E-state index in [4.69, 9.17) is 9.47 Å². The number of nitrogens with zero attached hydrogens (tertiary/aromatic N) is 2. The number of aliphatic hydroxyl groups excluding tert-OH is 1. The van der Waals surface area contributed by atoms with Crippen LogP contribution in [0.5, 0.6) is 11.5 Å². The van der Waals surface area contributed by atoms with Crippen LogP contribution >= 0.6 is 0 Å². The van der Waals surface area contributed by atoms with Crippen molar-refractivity contribution in [2.75, 3.05) is 25.6 Å². The van der Waals surface area contributed by atoms with E-state index in [1.54, 1.807) is 37.4 Å². The van der Waals surface area contributed by atoms with E-state index in [9.17, 15) is 19.1 Å². The molecule has 2 amide bonds. The lowest BCUT2D eigenvalue weighted by Gasteiger charge is -2.14. The largest absolute Gasteiger partial charge is 0.497 e. The molecule has 1 heterocycles. The molecule has 0 saturated heterocycles. The molecule has 0 spiro atoms. The molecule has 1 aromatic heterocycles. The Morgan fingerprint density at radius 2 is 1.97 bits per heavy atom. The maximum atomic E-state index is 13.7. The third-order valence-corrected chi connectivity index (χ3v) is 4.33. The monoisotopic (exact) mass is 442 g/mol. The fraction of sp³-hybridized carbons (Fsp3) is 0.227. The van der Waals surface area contributed by atoms with Gasteiger partial charge in [-0.05, 0) is 24.3 Å². The van der Waals surface area contributed by atoms with E-state index in [1.165, 1.54) is 35.3 Å². The van der Waals surface area contributed by atoms with Gasteiger partial charge in [0.05, 0.1) is 24.6 Å². The van der Waals surface area contributed by atoms with Gasteiger partial charge in [-0.2, -0.15) is 5.10 Å². The Hall–Kier alpha value is -3.92. The summed E-state index contributed by atoms with van der Waals surface area (Å²) in [7, 11) is 1.54. The van der Waals surface area contributed by atoms with Gasteiger partial charge in [-0.25, -0.2) is 4.39 Å². The van der Waals surface area contributed by atoms with Gasteiger partial charge in [0, 0.05) is 18.8 Å². The first-order valence-corrected chi connectivity index (χ1v) is 9.74. The first-order chi connectivity index (χ1) is 15.4. The second-order valence-electron chi connectivity index (χ2n) is 6.81. The van der Waals surface area contributed by atoms with E-state index < -0.39 is 17.8 Å². The van der Waals surface area contributed by atoms with Gasteiger partial charge in [0.2, 0.25) is 5.91 Å². The molecule has 1 atom stereocenters. The molecule has 9 nitrogen and oxygen atoms in total. The van der Waals surface area contributed by atoms with Gasteiger partial charge in [0.25, 0.3) is 5.91 Å². The highest BCUT2D eigenvalue weighted by Gasteiger charge is 2.13. The van der Waals surface area contributed by atoms with Crippen molar-refractivity contribution in [1.82, 2.24) is 15.1 Å². The van der Waals surface area contributed by atoms with Gasteiger partial charge in [0.15, 0.2) is 0 Å². The minimum atomic E-state index is -0.918. The average Bonchev–Trinajstić information content (AvgIpc) is 3.23. The molecule has 0 saturated carbocycles. The molecule has 3 N–H and O–H groups in total. The predicted octanol–water partition coefficient (Wildman–Crippen LogP) is 1.84. The Morgan fingerprint density at radius 3 is 2.75 bits per heavy atom. The number of hydrogen-bond donors (Lipinski definition) is 3. The molecule has 3 rings (SSSR count). The van der Waals surface area contributed by atoms with Crippen LogP contribution in [-0.4, -0.2) is 53.1 Å². The number of anilines is 1. The summed E-state index contributed by atoms with van der Waals surface area (Å²) in [5.41, 5.74) is 0.223. The van der Waals surface area contributed by atoms with Crippen molar-refractivity contribution in [3.05, 3.63) is 72.3 Å². The summed E-state index contributed by atoms with van der Waals surface area (Å²) in [5, 5.41) is 19.1. The van der Waals surface area contributed by atoms with Crippen LogP contribution in [0.15, 0.2) is 60.9 Å². The van der Waals surface area contributed by atoms with Crippen LogP contribution in [0.1, 0.15) is 10.4 Å². The zero-order valence-corrected chi connectivity index (χ0v) is 17.3. The van der Waals surface area contributed by atoms with Crippen LogP contribution in [0.2, 0.25) is 0 Å². The van der Waals surface area contributed by atoms with Crippen molar-refractivity contribution in [1.29, 1.82) is 0 Å². The summed E-state index contributed by atoms with van der Waals surface area (Å²) in [6.45, 7) is -0.151. The van der Waals surface area contributed by atoms with Crippen molar-refractivity contribution < 1.29 is 28.6 Å². The molecular formula is C22H23FN4O5. The number of halogens is 1. The van der Waals surface area contributed by atoms with E-state index >= 15 is 0 Å². The molecule has 0 bridgehead atoms. The lowest BCUT2D eigenvalue weighted by molar-refractivity contribution is -0.122. The molecule has 0 radical (unpaired) electrons. The third-order valence-electron chi connectivity index (χ3n) is 4.33. The quantitative estimate of drug-likeness (QED) is 0.441. The normalized spacial score (nSPS) is 11.5. The van der Waals surface area contributed by atoms with E-state index in [1.807, 2.05) is 0 Å². The Labute approximate surface area is 183 Å². The number of hydrogen-bond acceptors (Lipinski definition) is 6. The first kappa shape index (κ1) is 22.8. The lowest BCUT2D eigenvalue weighted by atomic mass is 10.2. The summed E-state index contributed by atoms with van der Waals surface area (Å²) in [6, 6.07) is 12.6. The number of benzene rings is 2. The fourth-order valence-electron chi connectivity index (χ4n) is 2.74. The maximum Gasteiger partial charge on any atom is 0.258 e. The van der Waals surface area contributed by atoms with E-state index in [2.05, 4.69) is 15.7 Å². The van der Waals surface area contributed by atoms with Crippen LogP contribution in [0.4, 0.5) is 10.1 Å². The van der Waals surface area contributed by atoms with Gasteiger partial charge >= 0.3 is 0 Å². The van der Waals surface area contributed by atoms with Crippen LogP contribution in [0.3, 0.4) is 0 Å². The van der Waals surface area contributed by atoms with Gasteiger partial charge in [-0.3, -0.25) is 14.3 Å². The van der Waals surface area contributed by atoms with Crippen LogP contribution < -0.4 is 20.1 Å².